The minimum atomic E-state index is -0.997. The third-order valence-corrected chi connectivity index (χ3v) is 8.54. The summed E-state index contributed by atoms with van der Waals surface area (Å²) < 4.78 is 1.52. The molecule has 0 atom stereocenters. The fourth-order valence-electron chi connectivity index (χ4n) is 4.02. The van der Waals surface area contributed by atoms with Gasteiger partial charge in [-0.05, 0) is 0 Å². The van der Waals surface area contributed by atoms with E-state index < -0.39 is 19.8 Å². The van der Waals surface area contributed by atoms with Gasteiger partial charge >= 0.3 is 176 Å². The van der Waals surface area contributed by atoms with Gasteiger partial charge in [-0.3, -0.25) is 0 Å². The van der Waals surface area contributed by atoms with E-state index in [0.29, 0.717) is 0 Å². The van der Waals surface area contributed by atoms with E-state index in [1.54, 1.807) is 0 Å². The molecule has 28 heavy (non-hydrogen) atoms. The van der Waals surface area contributed by atoms with Crippen LogP contribution in [0.15, 0.2) is 115 Å². The number of alkyl halides is 2. The molecule has 0 aliphatic carbocycles. The van der Waals surface area contributed by atoms with Crippen LogP contribution in [0.2, 0.25) is 0 Å². The average Bonchev–Trinajstić information content (AvgIpc) is 2.77. The van der Waals surface area contributed by atoms with Crippen molar-refractivity contribution in [2.24, 2.45) is 0 Å². The standard InChI is InChI=1S/C27H25I/c1-28(2)26-20-18-25(19-21-26)27(22-12-6-3-7-13-22,23-14-8-4-9-15-23)24-16-10-5-11-17-24/h3-21H,1-2H3. The minimum absolute atomic E-state index is 0.331. The van der Waals surface area contributed by atoms with Gasteiger partial charge in [-0.2, -0.15) is 0 Å². The molecule has 0 N–H and O–H groups in total. The zero-order valence-electron chi connectivity index (χ0n) is 16.3. The van der Waals surface area contributed by atoms with Crippen molar-refractivity contribution in [3.63, 3.8) is 0 Å². The van der Waals surface area contributed by atoms with Gasteiger partial charge in [-0.15, -0.1) is 0 Å². The number of hydrogen-bond donors (Lipinski definition) is 0. The molecule has 0 heterocycles. The van der Waals surface area contributed by atoms with Crippen molar-refractivity contribution >= 4 is 19.8 Å². The van der Waals surface area contributed by atoms with E-state index >= 15 is 0 Å². The summed E-state index contributed by atoms with van der Waals surface area (Å²) in [4.78, 5) is 4.80. The average molecular weight is 476 g/mol. The van der Waals surface area contributed by atoms with Crippen molar-refractivity contribution in [3.8, 4) is 0 Å². The van der Waals surface area contributed by atoms with Gasteiger partial charge in [-0.1, -0.05) is 0 Å². The number of benzene rings is 4. The van der Waals surface area contributed by atoms with Gasteiger partial charge in [0.2, 0.25) is 0 Å². The molecule has 0 aliphatic rings. The monoisotopic (exact) mass is 476 g/mol. The van der Waals surface area contributed by atoms with E-state index in [4.69, 9.17) is 0 Å². The van der Waals surface area contributed by atoms with Crippen molar-refractivity contribution < 1.29 is 0 Å². The van der Waals surface area contributed by atoms with Crippen molar-refractivity contribution in [1.82, 2.24) is 0 Å². The first kappa shape index (κ1) is 18.9. The predicted molar refractivity (Wildman–Crippen MR) is 129 cm³/mol. The molecule has 0 saturated carbocycles. The Labute approximate surface area is 175 Å². The molecule has 0 spiro atoms. The number of halogens is 1. The zero-order chi connectivity index (χ0) is 19.4. The molecule has 1 heteroatoms. The van der Waals surface area contributed by atoms with Crippen LogP contribution in [-0.2, 0) is 5.41 Å². The Morgan fingerprint density at radius 3 is 1.07 bits per heavy atom. The Morgan fingerprint density at radius 1 is 0.429 bits per heavy atom. The maximum absolute atomic E-state index is 2.40. The van der Waals surface area contributed by atoms with Gasteiger partial charge in [0.15, 0.2) is 0 Å². The summed E-state index contributed by atoms with van der Waals surface area (Å²) in [6, 6.07) is 42.1. The van der Waals surface area contributed by atoms with E-state index in [9.17, 15) is 0 Å². The fourth-order valence-corrected chi connectivity index (χ4v) is 5.81. The van der Waals surface area contributed by atoms with Gasteiger partial charge in [0.25, 0.3) is 0 Å². The van der Waals surface area contributed by atoms with Crippen LogP contribution in [0, 0.1) is 3.57 Å². The van der Waals surface area contributed by atoms with E-state index in [1.807, 2.05) is 0 Å². The molecule has 0 bridgehead atoms. The second kappa shape index (κ2) is 8.32. The predicted octanol–water partition coefficient (Wildman–Crippen LogP) is 7.00. The van der Waals surface area contributed by atoms with Crippen LogP contribution >= 0.6 is 19.8 Å². The molecule has 0 amide bonds. The first-order valence-electron chi connectivity index (χ1n) is 9.50. The molecule has 0 aliphatic heterocycles. The second-order valence-corrected chi connectivity index (χ2v) is 12.7. The van der Waals surface area contributed by atoms with E-state index in [-0.39, 0.29) is 5.41 Å². The summed E-state index contributed by atoms with van der Waals surface area (Å²) in [6.45, 7) is 0. The van der Waals surface area contributed by atoms with Crippen LogP contribution in [0.3, 0.4) is 0 Å². The summed E-state index contributed by atoms with van der Waals surface area (Å²) in [7, 11) is 0. The Kier molecular flexibility index (Phi) is 5.63. The summed E-state index contributed by atoms with van der Waals surface area (Å²) in [5.41, 5.74) is 4.87. The van der Waals surface area contributed by atoms with Gasteiger partial charge in [0, 0.05) is 0 Å². The Bertz CT molecular complexity index is 907. The number of hydrogen-bond acceptors (Lipinski definition) is 0. The first-order chi connectivity index (χ1) is 13.7. The van der Waals surface area contributed by atoms with Gasteiger partial charge < -0.3 is 0 Å². The van der Waals surface area contributed by atoms with Crippen molar-refractivity contribution in [1.29, 1.82) is 0 Å². The van der Waals surface area contributed by atoms with Crippen LogP contribution in [0.25, 0.3) is 0 Å². The molecule has 0 fully saturated rings. The van der Waals surface area contributed by atoms with Gasteiger partial charge in [-0.25, -0.2) is 0 Å². The van der Waals surface area contributed by atoms with E-state index in [1.165, 1.54) is 25.8 Å². The quantitative estimate of drug-likeness (QED) is 0.165. The van der Waals surface area contributed by atoms with Crippen molar-refractivity contribution in [3.05, 3.63) is 141 Å². The topological polar surface area (TPSA) is 0 Å². The summed E-state index contributed by atoms with van der Waals surface area (Å²) >= 11 is -0.997. The Balaban J connectivity index is 2.07. The third-order valence-electron chi connectivity index (χ3n) is 5.33. The SMILES string of the molecule is CI(C)c1ccc(C(c2ccccc2)(c2ccccc2)c2ccccc2)cc1. The van der Waals surface area contributed by atoms with Crippen LogP contribution < -0.4 is 0 Å². The Morgan fingerprint density at radius 2 is 0.750 bits per heavy atom. The fraction of sp³-hybridized carbons (Fsp3) is 0.111. The number of rotatable bonds is 5. The molecule has 0 aromatic heterocycles. The van der Waals surface area contributed by atoms with Crippen LogP contribution in [0.4, 0.5) is 0 Å². The van der Waals surface area contributed by atoms with Crippen LogP contribution in [0.1, 0.15) is 22.3 Å². The molecular weight excluding hydrogens is 451 g/mol. The molecular formula is C27H25I. The summed E-state index contributed by atoms with van der Waals surface area (Å²) in [5, 5.41) is 0. The Hall–Kier alpha value is -2.39. The molecule has 0 saturated heterocycles. The summed E-state index contributed by atoms with van der Waals surface area (Å²) in [5.74, 6) is 0. The normalized spacial score (nSPS) is 11.9. The van der Waals surface area contributed by atoms with E-state index in [2.05, 4.69) is 125 Å². The van der Waals surface area contributed by atoms with Crippen LogP contribution in [0.5, 0.6) is 0 Å². The van der Waals surface area contributed by atoms with Crippen molar-refractivity contribution in [2.75, 3.05) is 9.86 Å². The zero-order valence-corrected chi connectivity index (χ0v) is 18.5. The molecule has 0 unspecified atom stereocenters. The van der Waals surface area contributed by atoms with Gasteiger partial charge in [0.1, 0.15) is 0 Å². The molecule has 140 valence electrons. The van der Waals surface area contributed by atoms with Crippen LogP contribution in [-0.4, -0.2) is 9.86 Å². The van der Waals surface area contributed by atoms with E-state index in [0.717, 1.165) is 0 Å². The molecule has 4 aromatic carbocycles. The third kappa shape index (κ3) is 3.40. The summed E-state index contributed by atoms with van der Waals surface area (Å²) in [6.07, 6.45) is 0. The molecule has 0 radical (unpaired) electrons. The second-order valence-electron chi connectivity index (χ2n) is 7.11. The maximum atomic E-state index is 2.40. The molecule has 4 aromatic rings. The van der Waals surface area contributed by atoms with Gasteiger partial charge in [0.05, 0.1) is 0 Å². The van der Waals surface area contributed by atoms with Crippen molar-refractivity contribution in [2.45, 2.75) is 5.41 Å². The molecule has 0 nitrogen and oxygen atoms in total. The first-order valence-corrected chi connectivity index (χ1v) is 14.9. The molecule has 4 rings (SSSR count).